The third-order valence-corrected chi connectivity index (χ3v) is 3.11. The van der Waals surface area contributed by atoms with E-state index in [0.29, 0.717) is 6.04 Å². The zero-order chi connectivity index (χ0) is 10.5. The molecule has 1 N–H and O–H groups in total. The van der Waals surface area contributed by atoms with Crippen LogP contribution in [0.5, 0.6) is 0 Å². The van der Waals surface area contributed by atoms with Crippen LogP contribution in [0.15, 0.2) is 0 Å². The van der Waals surface area contributed by atoms with E-state index in [0.717, 1.165) is 43.4 Å². The Labute approximate surface area is 94.2 Å². The average Bonchev–Trinajstić information content (AvgIpc) is 2.68. The zero-order valence-corrected chi connectivity index (χ0v) is 9.85. The number of hydrogen-bond acceptors (Lipinski definition) is 5. The molecule has 1 aliphatic rings. The molecule has 1 aromatic heterocycles. The highest BCUT2D eigenvalue weighted by atomic mass is 32.1. The number of rotatable bonds is 4. The van der Waals surface area contributed by atoms with E-state index in [1.165, 1.54) is 18.0 Å². The van der Waals surface area contributed by atoms with Gasteiger partial charge in [-0.2, -0.15) is 4.37 Å². The first-order chi connectivity index (χ1) is 7.38. The SMILES string of the molecule is CCCc1nsc(NC2CCCOC2)n1. The van der Waals surface area contributed by atoms with Crippen LogP contribution in [-0.4, -0.2) is 28.6 Å². The number of nitrogens with one attached hydrogen (secondary N) is 1. The van der Waals surface area contributed by atoms with Crippen molar-refractivity contribution in [2.75, 3.05) is 18.5 Å². The van der Waals surface area contributed by atoms with Gasteiger partial charge in [-0.1, -0.05) is 6.92 Å². The van der Waals surface area contributed by atoms with Gasteiger partial charge in [0, 0.05) is 24.6 Å². The molecule has 2 rings (SSSR count). The van der Waals surface area contributed by atoms with Crippen molar-refractivity contribution in [1.29, 1.82) is 0 Å². The Bertz CT molecular complexity index is 297. The fourth-order valence-electron chi connectivity index (χ4n) is 1.67. The molecule has 0 saturated carbocycles. The Morgan fingerprint density at radius 3 is 3.27 bits per heavy atom. The van der Waals surface area contributed by atoms with E-state index in [4.69, 9.17) is 4.74 Å². The minimum Gasteiger partial charge on any atom is -0.379 e. The molecule has 0 aromatic carbocycles. The van der Waals surface area contributed by atoms with Crippen molar-refractivity contribution < 1.29 is 4.74 Å². The molecule has 4 nitrogen and oxygen atoms in total. The van der Waals surface area contributed by atoms with Crippen LogP contribution in [0.2, 0.25) is 0 Å². The second-order valence-electron chi connectivity index (χ2n) is 3.82. The molecule has 0 aliphatic carbocycles. The second-order valence-corrected chi connectivity index (χ2v) is 4.58. The van der Waals surface area contributed by atoms with Crippen LogP contribution in [-0.2, 0) is 11.2 Å². The molecule has 0 bridgehead atoms. The van der Waals surface area contributed by atoms with E-state index in [9.17, 15) is 0 Å². The third kappa shape index (κ3) is 3.14. The summed E-state index contributed by atoms with van der Waals surface area (Å²) >= 11 is 1.46. The largest absolute Gasteiger partial charge is 0.379 e. The topological polar surface area (TPSA) is 47.0 Å². The molecular formula is C10H17N3OS. The first kappa shape index (κ1) is 10.8. The maximum Gasteiger partial charge on any atom is 0.202 e. The predicted molar refractivity (Wildman–Crippen MR) is 61.4 cm³/mol. The van der Waals surface area contributed by atoms with E-state index in [-0.39, 0.29) is 0 Å². The number of nitrogens with zero attached hydrogens (tertiary/aromatic N) is 2. The summed E-state index contributed by atoms with van der Waals surface area (Å²) in [7, 11) is 0. The molecule has 0 radical (unpaired) electrons. The number of aryl methyl sites for hydroxylation is 1. The first-order valence-corrected chi connectivity index (χ1v) is 6.32. The van der Waals surface area contributed by atoms with Gasteiger partial charge >= 0.3 is 0 Å². The highest BCUT2D eigenvalue weighted by Crippen LogP contribution is 2.16. The summed E-state index contributed by atoms with van der Waals surface area (Å²) in [5.41, 5.74) is 0. The smallest absolute Gasteiger partial charge is 0.202 e. The second kappa shape index (κ2) is 5.42. The van der Waals surface area contributed by atoms with Crippen LogP contribution in [0.3, 0.4) is 0 Å². The Hall–Kier alpha value is -0.680. The maximum atomic E-state index is 5.40. The van der Waals surface area contributed by atoms with Crippen molar-refractivity contribution in [2.24, 2.45) is 0 Å². The molecule has 84 valence electrons. The summed E-state index contributed by atoms with van der Waals surface area (Å²) in [6, 6.07) is 0.418. The predicted octanol–water partition coefficient (Wildman–Crippen LogP) is 2.08. The van der Waals surface area contributed by atoms with Crippen LogP contribution in [0.1, 0.15) is 32.0 Å². The van der Waals surface area contributed by atoms with Crippen molar-refractivity contribution in [3.05, 3.63) is 5.82 Å². The summed E-state index contributed by atoms with van der Waals surface area (Å²) in [6.07, 6.45) is 4.38. The van der Waals surface area contributed by atoms with Crippen molar-refractivity contribution >= 4 is 16.7 Å². The zero-order valence-electron chi connectivity index (χ0n) is 9.03. The van der Waals surface area contributed by atoms with E-state index < -0.39 is 0 Å². The highest BCUT2D eigenvalue weighted by molar-refractivity contribution is 7.09. The molecule has 1 atom stereocenters. The molecule has 1 aromatic rings. The lowest BCUT2D eigenvalue weighted by atomic mass is 10.1. The fourth-order valence-corrected chi connectivity index (χ4v) is 2.36. The van der Waals surface area contributed by atoms with Gasteiger partial charge in [-0.05, 0) is 19.3 Å². The van der Waals surface area contributed by atoms with Crippen LogP contribution in [0.4, 0.5) is 5.13 Å². The Morgan fingerprint density at radius 1 is 1.60 bits per heavy atom. The van der Waals surface area contributed by atoms with Crippen molar-refractivity contribution in [3.63, 3.8) is 0 Å². The lowest BCUT2D eigenvalue weighted by Gasteiger charge is -2.22. The van der Waals surface area contributed by atoms with Gasteiger partial charge in [-0.25, -0.2) is 4.98 Å². The van der Waals surface area contributed by atoms with Gasteiger partial charge in [0.1, 0.15) is 5.82 Å². The van der Waals surface area contributed by atoms with Crippen LogP contribution in [0, 0.1) is 0 Å². The fraction of sp³-hybridized carbons (Fsp3) is 0.800. The molecule has 1 aliphatic heterocycles. The first-order valence-electron chi connectivity index (χ1n) is 5.55. The Kier molecular flexibility index (Phi) is 3.91. The van der Waals surface area contributed by atoms with E-state index in [2.05, 4.69) is 21.6 Å². The van der Waals surface area contributed by atoms with E-state index in [1.54, 1.807) is 0 Å². The summed E-state index contributed by atoms with van der Waals surface area (Å²) in [6.45, 7) is 3.83. The molecule has 1 fully saturated rings. The summed E-state index contributed by atoms with van der Waals surface area (Å²) in [5.74, 6) is 0.960. The molecule has 0 spiro atoms. The Balaban J connectivity index is 1.86. The quantitative estimate of drug-likeness (QED) is 0.855. The molecule has 15 heavy (non-hydrogen) atoms. The van der Waals surface area contributed by atoms with Crippen LogP contribution in [0.25, 0.3) is 0 Å². The van der Waals surface area contributed by atoms with Gasteiger partial charge < -0.3 is 10.1 Å². The molecule has 0 amide bonds. The van der Waals surface area contributed by atoms with Crippen molar-refractivity contribution in [1.82, 2.24) is 9.36 Å². The summed E-state index contributed by atoms with van der Waals surface area (Å²) in [4.78, 5) is 4.43. The van der Waals surface area contributed by atoms with Crippen molar-refractivity contribution in [3.8, 4) is 0 Å². The summed E-state index contributed by atoms with van der Waals surface area (Å²) < 4.78 is 9.70. The summed E-state index contributed by atoms with van der Waals surface area (Å²) in [5, 5.41) is 4.32. The van der Waals surface area contributed by atoms with Gasteiger partial charge in [0.05, 0.1) is 12.6 Å². The highest BCUT2D eigenvalue weighted by Gasteiger charge is 2.15. The van der Waals surface area contributed by atoms with Gasteiger partial charge in [0.25, 0.3) is 0 Å². The molecule has 2 heterocycles. The number of anilines is 1. The minimum atomic E-state index is 0.418. The number of aromatic nitrogens is 2. The van der Waals surface area contributed by atoms with Gasteiger partial charge in [0.15, 0.2) is 0 Å². The van der Waals surface area contributed by atoms with Gasteiger partial charge in [-0.3, -0.25) is 0 Å². The minimum absolute atomic E-state index is 0.418. The molecular weight excluding hydrogens is 210 g/mol. The lowest BCUT2D eigenvalue weighted by Crippen LogP contribution is -2.29. The Morgan fingerprint density at radius 2 is 2.53 bits per heavy atom. The van der Waals surface area contributed by atoms with Crippen LogP contribution < -0.4 is 5.32 Å². The van der Waals surface area contributed by atoms with Crippen molar-refractivity contribution in [2.45, 2.75) is 38.6 Å². The van der Waals surface area contributed by atoms with E-state index in [1.807, 2.05) is 0 Å². The number of hydrogen-bond donors (Lipinski definition) is 1. The van der Waals surface area contributed by atoms with Gasteiger partial charge in [0.2, 0.25) is 5.13 Å². The third-order valence-electron chi connectivity index (χ3n) is 2.43. The normalized spacial score (nSPS) is 21.5. The molecule has 5 heteroatoms. The monoisotopic (exact) mass is 227 g/mol. The standard InChI is InChI=1S/C10H17N3OS/c1-2-4-9-12-10(15-13-9)11-8-5-3-6-14-7-8/h8H,2-7H2,1H3,(H,11,12,13). The number of ether oxygens (including phenoxy) is 1. The average molecular weight is 227 g/mol. The molecule has 1 saturated heterocycles. The molecule has 1 unspecified atom stereocenters. The van der Waals surface area contributed by atoms with Crippen LogP contribution >= 0.6 is 11.5 Å². The maximum absolute atomic E-state index is 5.40. The lowest BCUT2D eigenvalue weighted by molar-refractivity contribution is 0.0876. The van der Waals surface area contributed by atoms with Gasteiger partial charge in [-0.15, -0.1) is 0 Å². The van der Waals surface area contributed by atoms with E-state index >= 15 is 0 Å².